The minimum atomic E-state index is -0.982. The minimum absolute atomic E-state index is 0.00648. The van der Waals surface area contributed by atoms with Gasteiger partial charge < -0.3 is 15.3 Å². The number of nitrogens with zero attached hydrogens (tertiary/aromatic N) is 3. The van der Waals surface area contributed by atoms with E-state index in [4.69, 9.17) is 10.4 Å². The Kier molecular flexibility index (Phi) is 3.63. The van der Waals surface area contributed by atoms with Crippen LogP contribution in [0.3, 0.4) is 0 Å². The van der Waals surface area contributed by atoms with E-state index in [1.54, 1.807) is 18.3 Å². The van der Waals surface area contributed by atoms with Crippen LogP contribution in [-0.4, -0.2) is 35.3 Å². The Balaban J connectivity index is 2.01. The highest BCUT2D eigenvalue weighted by Crippen LogP contribution is 2.21. The molecule has 1 fully saturated rings. The van der Waals surface area contributed by atoms with Crippen LogP contribution < -0.4 is 10.2 Å². The van der Waals surface area contributed by atoms with Gasteiger partial charge in [-0.25, -0.2) is 9.78 Å². The van der Waals surface area contributed by atoms with Crippen LogP contribution in [0.15, 0.2) is 18.3 Å². The molecule has 2 N–H and O–H groups in total. The second-order valence-corrected chi connectivity index (χ2v) is 4.20. The summed E-state index contributed by atoms with van der Waals surface area (Å²) in [5, 5.41) is 20.2. The minimum Gasteiger partial charge on any atom is -0.465 e. The highest BCUT2D eigenvalue weighted by molar-refractivity contribution is 5.65. The Hall–Kier alpha value is -2.29. The molecule has 6 heteroatoms. The number of hydrogen-bond acceptors (Lipinski definition) is 4. The highest BCUT2D eigenvalue weighted by atomic mass is 16.4. The van der Waals surface area contributed by atoms with Crippen LogP contribution in [0.5, 0.6) is 0 Å². The van der Waals surface area contributed by atoms with Crippen molar-refractivity contribution in [1.29, 1.82) is 5.26 Å². The number of anilines is 1. The van der Waals surface area contributed by atoms with Crippen molar-refractivity contribution in [1.82, 2.24) is 10.3 Å². The standard InChI is InChI=1S/C12H14N4O2/c13-8-9-2-1-5-14-11(9)16-6-3-10(4-7-16)15-12(17)18/h1-2,5,10,15H,3-4,6-7H2,(H,17,18). The maximum Gasteiger partial charge on any atom is 0.404 e. The van der Waals surface area contributed by atoms with Crippen molar-refractivity contribution in [2.45, 2.75) is 18.9 Å². The van der Waals surface area contributed by atoms with Crippen LogP contribution in [0, 0.1) is 11.3 Å². The van der Waals surface area contributed by atoms with E-state index < -0.39 is 6.09 Å². The molecule has 0 atom stereocenters. The van der Waals surface area contributed by atoms with Crippen LogP contribution in [-0.2, 0) is 0 Å². The summed E-state index contributed by atoms with van der Waals surface area (Å²) in [6.45, 7) is 1.41. The molecule has 1 amide bonds. The lowest BCUT2D eigenvalue weighted by atomic mass is 10.0. The van der Waals surface area contributed by atoms with Gasteiger partial charge in [0.25, 0.3) is 0 Å². The van der Waals surface area contributed by atoms with E-state index in [-0.39, 0.29) is 6.04 Å². The number of carbonyl (C=O) groups is 1. The van der Waals surface area contributed by atoms with Gasteiger partial charge in [0.15, 0.2) is 0 Å². The fourth-order valence-electron chi connectivity index (χ4n) is 2.15. The maximum absolute atomic E-state index is 10.5. The molecule has 1 aromatic heterocycles. The van der Waals surface area contributed by atoms with E-state index >= 15 is 0 Å². The van der Waals surface area contributed by atoms with E-state index in [9.17, 15) is 4.79 Å². The van der Waals surface area contributed by atoms with Crippen molar-refractivity contribution in [2.75, 3.05) is 18.0 Å². The van der Waals surface area contributed by atoms with Crippen molar-refractivity contribution in [3.63, 3.8) is 0 Å². The lowest BCUT2D eigenvalue weighted by Gasteiger charge is -2.32. The van der Waals surface area contributed by atoms with E-state index in [2.05, 4.69) is 16.4 Å². The first-order valence-electron chi connectivity index (χ1n) is 5.80. The number of hydrogen-bond donors (Lipinski definition) is 2. The molecule has 6 nitrogen and oxygen atoms in total. The highest BCUT2D eigenvalue weighted by Gasteiger charge is 2.22. The number of aromatic nitrogens is 1. The van der Waals surface area contributed by atoms with Crippen LogP contribution in [0.4, 0.5) is 10.6 Å². The molecule has 1 aromatic rings. The summed E-state index contributed by atoms with van der Waals surface area (Å²) in [6.07, 6.45) is 2.14. The van der Waals surface area contributed by atoms with Gasteiger partial charge in [0.1, 0.15) is 11.9 Å². The quantitative estimate of drug-likeness (QED) is 0.818. The van der Waals surface area contributed by atoms with Gasteiger partial charge >= 0.3 is 6.09 Å². The number of piperidine rings is 1. The zero-order valence-electron chi connectivity index (χ0n) is 9.83. The van der Waals surface area contributed by atoms with E-state index in [0.29, 0.717) is 24.5 Å². The molecule has 1 saturated heterocycles. The summed E-state index contributed by atoms with van der Waals surface area (Å²) in [6, 6.07) is 5.59. The van der Waals surface area contributed by atoms with Crippen molar-refractivity contribution in [3.05, 3.63) is 23.9 Å². The van der Waals surface area contributed by atoms with Crippen LogP contribution >= 0.6 is 0 Å². The van der Waals surface area contributed by atoms with Crippen molar-refractivity contribution >= 4 is 11.9 Å². The molecular weight excluding hydrogens is 232 g/mol. The Bertz CT molecular complexity index is 475. The average molecular weight is 246 g/mol. The second-order valence-electron chi connectivity index (χ2n) is 4.20. The summed E-state index contributed by atoms with van der Waals surface area (Å²) < 4.78 is 0. The molecule has 0 bridgehead atoms. The van der Waals surface area contributed by atoms with Gasteiger partial charge in [0, 0.05) is 25.3 Å². The summed E-state index contributed by atoms with van der Waals surface area (Å²) in [4.78, 5) is 16.8. The molecule has 0 spiro atoms. The monoisotopic (exact) mass is 246 g/mol. The summed E-state index contributed by atoms with van der Waals surface area (Å²) in [5.41, 5.74) is 0.558. The maximum atomic E-state index is 10.5. The molecule has 0 unspecified atom stereocenters. The van der Waals surface area contributed by atoms with Crippen LogP contribution in [0.25, 0.3) is 0 Å². The largest absolute Gasteiger partial charge is 0.465 e. The molecule has 94 valence electrons. The molecule has 18 heavy (non-hydrogen) atoms. The number of rotatable bonds is 2. The SMILES string of the molecule is N#Cc1cccnc1N1CCC(NC(=O)O)CC1. The Morgan fingerprint density at radius 3 is 2.89 bits per heavy atom. The van der Waals surface area contributed by atoms with Gasteiger partial charge in [-0.15, -0.1) is 0 Å². The first-order valence-corrected chi connectivity index (χ1v) is 5.80. The van der Waals surface area contributed by atoms with Gasteiger partial charge in [-0.1, -0.05) is 0 Å². The van der Waals surface area contributed by atoms with E-state index in [1.165, 1.54) is 0 Å². The summed E-state index contributed by atoms with van der Waals surface area (Å²) >= 11 is 0. The number of carboxylic acid groups (broad SMARTS) is 1. The predicted molar refractivity (Wildman–Crippen MR) is 65.3 cm³/mol. The third kappa shape index (κ3) is 2.69. The van der Waals surface area contributed by atoms with E-state index in [1.807, 2.05) is 4.90 Å². The Labute approximate surface area is 105 Å². The normalized spacial score (nSPS) is 16.1. The third-order valence-corrected chi connectivity index (χ3v) is 3.03. The first-order chi connectivity index (χ1) is 8.70. The molecule has 0 aliphatic carbocycles. The molecule has 0 aromatic carbocycles. The van der Waals surface area contributed by atoms with Crippen molar-refractivity contribution < 1.29 is 9.90 Å². The molecule has 1 aliphatic rings. The Morgan fingerprint density at radius 2 is 2.28 bits per heavy atom. The van der Waals surface area contributed by atoms with E-state index in [0.717, 1.165) is 12.8 Å². The van der Waals surface area contributed by atoms with Crippen LogP contribution in [0.1, 0.15) is 18.4 Å². The first kappa shape index (κ1) is 12.2. The zero-order chi connectivity index (χ0) is 13.0. The number of amides is 1. The number of nitriles is 1. The predicted octanol–water partition coefficient (Wildman–Crippen LogP) is 1.19. The average Bonchev–Trinajstić information content (AvgIpc) is 2.39. The fraction of sp³-hybridized carbons (Fsp3) is 0.417. The third-order valence-electron chi connectivity index (χ3n) is 3.03. The fourth-order valence-corrected chi connectivity index (χ4v) is 2.15. The van der Waals surface area contributed by atoms with Gasteiger partial charge in [0.05, 0.1) is 5.56 Å². The number of nitrogens with one attached hydrogen (secondary N) is 1. The zero-order valence-corrected chi connectivity index (χ0v) is 9.83. The number of pyridine rings is 1. The molecular formula is C12H14N4O2. The topological polar surface area (TPSA) is 89.3 Å². The van der Waals surface area contributed by atoms with Gasteiger partial charge in [-0.3, -0.25) is 0 Å². The van der Waals surface area contributed by atoms with Crippen molar-refractivity contribution in [3.8, 4) is 6.07 Å². The van der Waals surface area contributed by atoms with Gasteiger partial charge in [-0.2, -0.15) is 5.26 Å². The smallest absolute Gasteiger partial charge is 0.404 e. The lowest BCUT2D eigenvalue weighted by molar-refractivity contribution is 0.187. The molecule has 1 aliphatic heterocycles. The molecule has 2 rings (SSSR count). The Morgan fingerprint density at radius 1 is 1.56 bits per heavy atom. The summed E-state index contributed by atoms with van der Waals surface area (Å²) in [5.74, 6) is 0.689. The van der Waals surface area contributed by atoms with Gasteiger partial charge in [-0.05, 0) is 25.0 Å². The lowest BCUT2D eigenvalue weighted by Crippen LogP contribution is -2.44. The molecule has 2 heterocycles. The second kappa shape index (κ2) is 5.36. The summed E-state index contributed by atoms with van der Waals surface area (Å²) in [7, 11) is 0. The van der Waals surface area contributed by atoms with Crippen LogP contribution in [0.2, 0.25) is 0 Å². The molecule has 0 saturated carbocycles. The van der Waals surface area contributed by atoms with Gasteiger partial charge in [0.2, 0.25) is 0 Å². The van der Waals surface area contributed by atoms with Crippen molar-refractivity contribution in [2.24, 2.45) is 0 Å². The molecule has 0 radical (unpaired) electrons.